The van der Waals surface area contributed by atoms with Crippen molar-refractivity contribution >= 4 is 32.6 Å². The molecule has 5 heteroatoms. The molecule has 1 amide bonds. The number of hydrogen-bond donors (Lipinski definition) is 2. The van der Waals surface area contributed by atoms with Crippen LogP contribution in [0.3, 0.4) is 0 Å². The van der Waals surface area contributed by atoms with Crippen molar-refractivity contribution in [3.05, 3.63) is 23.8 Å². The van der Waals surface area contributed by atoms with Crippen LogP contribution in [-0.2, 0) is 0 Å². The van der Waals surface area contributed by atoms with Crippen LogP contribution in [0.25, 0.3) is 10.2 Å². The van der Waals surface area contributed by atoms with Crippen LogP contribution in [0.5, 0.6) is 0 Å². The monoisotopic (exact) mass is 277 g/mol. The van der Waals surface area contributed by atoms with Crippen molar-refractivity contribution < 1.29 is 4.79 Å². The Balaban J connectivity index is 2.22. The molecule has 0 aliphatic carbocycles. The number of anilines is 1. The van der Waals surface area contributed by atoms with E-state index in [-0.39, 0.29) is 17.4 Å². The van der Waals surface area contributed by atoms with Crippen LogP contribution in [0.4, 0.5) is 5.13 Å². The maximum atomic E-state index is 12.2. The topological polar surface area (TPSA) is 68.0 Å². The summed E-state index contributed by atoms with van der Waals surface area (Å²) in [5, 5.41) is 3.55. The van der Waals surface area contributed by atoms with Crippen LogP contribution in [0.15, 0.2) is 18.2 Å². The van der Waals surface area contributed by atoms with Crippen molar-refractivity contribution in [1.29, 1.82) is 0 Å². The number of nitrogens with zero attached hydrogens (tertiary/aromatic N) is 1. The van der Waals surface area contributed by atoms with E-state index in [2.05, 4.69) is 31.1 Å². The van der Waals surface area contributed by atoms with E-state index in [1.807, 2.05) is 19.1 Å². The molecule has 1 heterocycles. The lowest BCUT2D eigenvalue weighted by atomic mass is 9.88. The second-order valence-corrected chi connectivity index (χ2v) is 6.86. The van der Waals surface area contributed by atoms with E-state index >= 15 is 0 Å². The van der Waals surface area contributed by atoms with Gasteiger partial charge in [-0.2, -0.15) is 0 Å². The zero-order valence-corrected chi connectivity index (χ0v) is 12.5. The Bertz CT molecular complexity index is 613. The Morgan fingerprint density at radius 3 is 2.74 bits per heavy atom. The number of hydrogen-bond acceptors (Lipinski definition) is 4. The SMILES string of the molecule is CC(NC(=O)c1ccc2nc(N)sc2c1)C(C)(C)C. The summed E-state index contributed by atoms with van der Waals surface area (Å²) in [6.45, 7) is 8.32. The van der Waals surface area contributed by atoms with Gasteiger partial charge in [0.05, 0.1) is 10.2 Å². The molecule has 2 rings (SSSR count). The molecule has 102 valence electrons. The molecule has 1 unspecified atom stereocenters. The molecule has 0 aliphatic heterocycles. The van der Waals surface area contributed by atoms with Crippen LogP contribution in [0.2, 0.25) is 0 Å². The fourth-order valence-corrected chi connectivity index (χ4v) is 2.35. The van der Waals surface area contributed by atoms with E-state index in [1.54, 1.807) is 6.07 Å². The van der Waals surface area contributed by atoms with Crippen molar-refractivity contribution in [2.45, 2.75) is 33.7 Å². The highest BCUT2D eigenvalue weighted by Crippen LogP contribution is 2.25. The number of fused-ring (bicyclic) bond motifs is 1. The van der Waals surface area contributed by atoms with Crippen LogP contribution < -0.4 is 11.1 Å². The van der Waals surface area contributed by atoms with Crippen molar-refractivity contribution in [3.8, 4) is 0 Å². The molecule has 1 atom stereocenters. The Kier molecular flexibility index (Phi) is 3.49. The first-order valence-corrected chi connectivity index (χ1v) is 7.06. The highest BCUT2D eigenvalue weighted by molar-refractivity contribution is 7.22. The van der Waals surface area contributed by atoms with Crippen LogP contribution in [0.1, 0.15) is 38.1 Å². The molecule has 0 spiro atoms. The average molecular weight is 277 g/mol. The highest BCUT2D eigenvalue weighted by atomic mass is 32.1. The Morgan fingerprint density at radius 1 is 1.42 bits per heavy atom. The molecule has 4 nitrogen and oxygen atoms in total. The minimum Gasteiger partial charge on any atom is -0.375 e. The molecule has 0 radical (unpaired) electrons. The van der Waals surface area contributed by atoms with Crippen LogP contribution in [-0.4, -0.2) is 16.9 Å². The minimum atomic E-state index is -0.0590. The van der Waals surface area contributed by atoms with Gasteiger partial charge in [-0.3, -0.25) is 4.79 Å². The van der Waals surface area contributed by atoms with Gasteiger partial charge < -0.3 is 11.1 Å². The van der Waals surface area contributed by atoms with Crippen LogP contribution >= 0.6 is 11.3 Å². The summed E-state index contributed by atoms with van der Waals surface area (Å²) in [6, 6.07) is 5.56. The predicted octanol–water partition coefficient (Wildman–Crippen LogP) is 3.04. The molecule has 3 N–H and O–H groups in total. The summed E-state index contributed by atoms with van der Waals surface area (Å²) in [5.41, 5.74) is 7.18. The summed E-state index contributed by atoms with van der Waals surface area (Å²) in [7, 11) is 0. The zero-order valence-electron chi connectivity index (χ0n) is 11.7. The first-order chi connectivity index (χ1) is 8.77. The normalized spacial score (nSPS) is 13.5. The molecule has 2 aromatic rings. The van der Waals surface area contributed by atoms with Crippen LogP contribution in [0, 0.1) is 5.41 Å². The first kappa shape index (κ1) is 13.8. The second-order valence-electron chi connectivity index (χ2n) is 5.80. The highest BCUT2D eigenvalue weighted by Gasteiger charge is 2.22. The van der Waals surface area contributed by atoms with E-state index in [9.17, 15) is 4.79 Å². The number of thiazole rings is 1. The second kappa shape index (κ2) is 4.81. The van der Waals surface area contributed by atoms with E-state index in [4.69, 9.17) is 5.73 Å². The van der Waals surface area contributed by atoms with Gasteiger partial charge in [0.25, 0.3) is 5.91 Å². The molecule has 19 heavy (non-hydrogen) atoms. The van der Waals surface area contributed by atoms with Gasteiger partial charge in [-0.05, 0) is 30.5 Å². The van der Waals surface area contributed by atoms with E-state index in [0.717, 1.165) is 10.2 Å². The zero-order chi connectivity index (χ0) is 14.2. The first-order valence-electron chi connectivity index (χ1n) is 6.24. The third kappa shape index (κ3) is 3.04. The molecular weight excluding hydrogens is 258 g/mol. The van der Waals surface area contributed by atoms with Gasteiger partial charge in [0.15, 0.2) is 5.13 Å². The number of aromatic nitrogens is 1. The lowest BCUT2D eigenvalue weighted by molar-refractivity contribution is 0.0910. The number of carbonyl (C=O) groups is 1. The van der Waals surface area contributed by atoms with Crippen molar-refractivity contribution in [2.24, 2.45) is 5.41 Å². The Hall–Kier alpha value is -1.62. The van der Waals surface area contributed by atoms with Gasteiger partial charge in [0.2, 0.25) is 0 Å². The minimum absolute atomic E-state index is 0.0364. The standard InChI is InChI=1S/C14H19N3OS/c1-8(14(2,3)4)16-12(18)9-5-6-10-11(7-9)19-13(15)17-10/h5-8H,1-4H3,(H2,15,17)(H,16,18). The summed E-state index contributed by atoms with van der Waals surface area (Å²) < 4.78 is 0.938. The molecule has 0 aliphatic rings. The van der Waals surface area contributed by atoms with Crippen molar-refractivity contribution in [2.75, 3.05) is 5.73 Å². The fraction of sp³-hybridized carbons (Fsp3) is 0.429. The number of nitrogens with two attached hydrogens (primary N) is 1. The molecule has 1 aromatic heterocycles. The quantitative estimate of drug-likeness (QED) is 0.886. The van der Waals surface area contributed by atoms with E-state index < -0.39 is 0 Å². The molecule has 1 aromatic carbocycles. The third-order valence-corrected chi connectivity index (χ3v) is 4.16. The van der Waals surface area contributed by atoms with Crippen molar-refractivity contribution in [3.63, 3.8) is 0 Å². The molecule has 0 bridgehead atoms. The van der Waals surface area contributed by atoms with E-state index in [1.165, 1.54) is 11.3 Å². The lowest BCUT2D eigenvalue weighted by Gasteiger charge is -2.28. The Labute approximate surface area is 117 Å². The number of benzene rings is 1. The van der Waals surface area contributed by atoms with Gasteiger partial charge in [0, 0.05) is 11.6 Å². The number of carbonyl (C=O) groups excluding carboxylic acids is 1. The van der Waals surface area contributed by atoms with Crippen molar-refractivity contribution in [1.82, 2.24) is 10.3 Å². The summed E-state index contributed by atoms with van der Waals surface area (Å²) in [6.07, 6.45) is 0. The number of amides is 1. The number of nitrogens with one attached hydrogen (secondary N) is 1. The van der Waals surface area contributed by atoms with Gasteiger partial charge in [-0.1, -0.05) is 32.1 Å². The lowest BCUT2D eigenvalue weighted by Crippen LogP contribution is -2.41. The molecule has 0 fully saturated rings. The Morgan fingerprint density at radius 2 is 2.11 bits per heavy atom. The van der Waals surface area contributed by atoms with Gasteiger partial charge >= 0.3 is 0 Å². The summed E-state index contributed by atoms with van der Waals surface area (Å²) >= 11 is 1.39. The molecule has 0 saturated carbocycles. The van der Waals surface area contributed by atoms with Gasteiger partial charge in [-0.25, -0.2) is 4.98 Å². The largest absolute Gasteiger partial charge is 0.375 e. The summed E-state index contributed by atoms with van der Waals surface area (Å²) in [4.78, 5) is 16.4. The van der Waals surface area contributed by atoms with Gasteiger partial charge in [-0.15, -0.1) is 0 Å². The molecular formula is C14H19N3OS. The maximum absolute atomic E-state index is 12.2. The van der Waals surface area contributed by atoms with E-state index in [0.29, 0.717) is 10.7 Å². The summed E-state index contributed by atoms with van der Waals surface area (Å²) in [5.74, 6) is -0.0590. The number of nitrogen functional groups attached to an aromatic ring is 1. The predicted molar refractivity (Wildman–Crippen MR) is 80.4 cm³/mol. The fourth-order valence-electron chi connectivity index (χ4n) is 1.58. The molecule has 0 saturated heterocycles. The maximum Gasteiger partial charge on any atom is 0.251 e. The van der Waals surface area contributed by atoms with Gasteiger partial charge in [0.1, 0.15) is 0 Å². The smallest absolute Gasteiger partial charge is 0.251 e. The number of rotatable bonds is 2. The third-order valence-electron chi connectivity index (χ3n) is 3.31. The average Bonchev–Trinajstić information content (AvgIpc) is 2.66.